The van der Waals surface area contributed by atoms with Gasteiger partial charge in [-0.15, -0.1) is 0 Å². The van der Waals surface area contributed by atoms with E-state index in [-0.39, 0.29) is 13.0 Å². The first kappa shape index (κ1) is 13.7. The van der Waals surface area contributed by atoms with E-state index in [1.54, 1.807) is 6.07 Å². The molecule has 0 amide bonds. The van der Waals surface area contributed by atoms with Gasteiger partial charge < -0.3 is 10.6 Å². The number of hydrogen-bond acceptors (Lipinski definition) is 2. The lowest BCUT2D eigenvalue weighted by atomic mass is 10.0. The number of nitrogens with two attached hydrogens (primary N) is 1. The van der Waals surface area contributed by atoms with E-state index in [0.29, 0.717) is 23.2 Å². The molecule has 1 aliphatic carbocycles. The first-order valence-electron chi connectivity index (χ1n) is 7.16. The topological polar surface area (TPSA) is 29.3 Å². The maximum Gasteiger partial charge on any atom is 0.416 e. The van der Waals surface area contributed by atoms with Crippen molar-refractivity contribution >= 4 is 5.69 Å². The Bertz CT molecular complexity index is 498. The smallest absolute Gasteiger partial charge is 0.368 e. The Morgan fingerprint density at radius 3 is 2.60 bits per heavy atom. The van der Waals surface area contributed by atoms with Crippen LogP contribution < -0.4 is 10.6 Å². The highest BCUT2D eigenvalue weighted by atomic mass is 19.4. The van der Waals surface area contributed by atoms with Crippen LogP contribution in [0.1, 0.15) is 30.4 Å². The second-order valence-electron chi connectivity index (χ2n) is 5.86. The second-order valence-corrected chi connectivity index (χ2v) is 5.86. The largest absolute Gasteiger partial charge is 0.416 e. The Kier molecular flexibility index (Phi) is 3.40. The fourth-order valence-corrected chi connectivity index (χ4v) is 3.62. The number of fused-ring (bicyclic) bond motifs is 2. The van der Waals surface area contributed by atoms with Crippen LogP contribution in [0.3, 0.4) is 0 Å². The molecule has 2 bridgehead atoms. The molecule has 2 aliphatic rings. The van der Waals surface area contributed by atoms with Gasteiger partial charge in [0.05, 0.1) is 5.56 Å². The van der Waals surface area contributed by atoms with E-state index in [1.807, 2.05) is 6.07 Å². The third-order valence-corrected chi connectivity index (χ3v) is 4.55. The van der Waals surface area contributed by atoms with E-state index in [1.165, 1.54) is 12.5 Å². The van der Waals surface area contributed by atoms with E-state index >= 15 is 0 Å². The zero-order valence-corrected chi connectivity index (χ0v) is 11.3. The number of halogens is 3. The van der Waals surface area contributed by atoms with Gasteiger partial charge in [-0.05, 0) is 55.8 Å². The van der Waals surface area contributed by atoms with E-state index in [2.05, 4.69) is 4.90 Å². The molecule has 2 atom stereocenters. The van der Waals surface area contributed by atoms with Crippen LogP contribution in [0, 0.1) is 5.92 Å². The molecule has 110 valence electrons. The minimum atomic E-state index is -4.31. The van der Waals surface area contributed by atoms with E-state index in [9.17, 15) is 13.2 Å². The van der Waals surface area contributed by atoms with Crippen molar-refractivity contribution in [3.8, 4) is 0 Å². The summed E-state index contributed by atoms with van der Waals surface area (Å²) in [6, 6.07) is 5.16. The zero-order chi connectivity index (χ0) is 14.3. The molecule has 1 saturated carbocycles. The molecule has 1 aromatic carbocycles. The minimum Gasteiger partial charge on any atom is -0.368 e. The van der Waals surface area contributed by atoms with Gasteiger partial charge in [0.25, 0.3) is 0 Å². The van der Waals surface area contributed by atoms with Crippen molar-refractivity contribution in [1.82, 2.24) is 0 Å². The molecule has 1 aromatic rings. The van der Waals surface area contributed by atoms with Gasteiger partial charge in [0.15, 0.2) is 0 Å². The normalized spacial score (nSPS) is 25.5. The van der Waals surface area contributed by atoms with E-state index in [0.717, 1.165) is 19.4 Å². The lowest BCUT2D eigenvalue weighted by molar-refractivity contribution is -0.138. The van der Waals surface area contributed by atoms with Crippen molar-refractivity contribution in [3.63, 3.8) is 0 Å². The van der Waals surface area contributed by atoms with Crippen molar-refractivity contribution in [2.75, 3.05) is 18.0 Å². The standard InChI is InChI=1S/C15H19F3N2/c16-15(17,18)14-8-13(4-2-11(14)5-6-19)20-9-10-1-3-12(20)7-10/h2,4,8,10,12H,1,3,5-7,9,19H2. The zero-order valence-electron chi connectivity index (χ0n) is 11.3. The monoisotopic (exact) mass is 284 g/mol. The summed E-state index contributed by atoms with van der Waals surface area (Å²) in [4.78, 5) is 2.15. The van der Waals surface area contributed by atoms with Crippen LogP contribution >= 0.6 is 0 Å². The molecule has 0 spiro atoms. The Labute approximate surface area is 116 Å². The van der Waals surface area contributed by atoms with Crippen LogP contribution in [0.15, 0.2) is 18.2 Å². The van der Waals surface area contributed by atoms with Gasteiger partial charge in [-0.2, -0.15) is 13.2 Å². The van der Waals surface area contributed by atoms with Gasteiger partial charge in [-0.1, -0.05) is 6.07 Å². The molecule has 1 saturated heterocycles. The maximum absolute atomic E-state index is 13.2. The summed E-state index contributed by atoms with van der Waals surface area (Å²) in [5, 5.41) is 0. The van der Waals surface area contributed by atoms with Crippen LogP contribution in [-0.4, -0.2) is 19.1 Å². The maximum atomic E-state index is 13.2. The van der Waals surface area contributed by atoms with Gasteiger partial charge >= 0.3 is 6.18 Å². The minimum absolute atomic E-state index is 0.233. The van der Waals surface area contributed by atoms with Crippen molar-refractivity contribution in [3.05, 3.63) is 29.3 Å². The van der Waals surface area contributed by atoms with Gasteiger partial charge in [0, 0.05) is 18.3 Å². The molecule has 20 heavy (non-hydrogen) atoms. The Balaban J connectivity index is 1.93. The van der Waals surface area contributed by atoms with Gasteiger partial charge in [0.1, 0.15) is 0 Å². The average Bonchev–Trinajstić information content (AvgIpc) is 3.00. The molecule has 0 aromatic heterocycles. The fraction of sp³-hybridized carbons (Fsp3) is 0.600. The Morgan fingerprint density at radius 2 is 2.05 bits per heavy atom. The van der Waals surface area contributed by atoms with Crippen molar-refractivity contribution in [1.29, 1.82) is 0 Å². The number of anilines is 1. The van der Waals surface area contributed by atoms with Crippen LogP contribution in [-0.2, 0) is 12.6 Å². The summed E-state index contributed by atoms with van der Waals surface area (Å²) < 4.78 is 39.5. The summed E-state index contributed by atoms with van der Waals surface area (Å²) in [7, 11) is 0. The molecule has 5 heteroatoms. The van der Waals surface area contributed by atoms with Crippen molar-refractivity contribution in [2.45, 2.75) is 37.9 Å². The Morgan fingerprint density at radius 1 is 1.25 bits per heavy atom. The SMILES string of the molecule is NCCc1ccc(N2CC3CCC2C3)cc1C(F)(F)F. The van der Waals surface area contributed by atoms with Crippen molar-refractivity contribution < 1.29 is 13.2 Å². The van der Waals surface area contributed by atoms with Crippen LogP contribution in [0.2, 0.25) is 0 Å². The number of benzene rings is 1. The van der Waals surface area contributed by atoms with Gasteiger partial charge in [0.2, 0.25) is 0 Å². The fourth-order valence-electron chi connectivity index (χ4n) is 3.62. The first-order valence-corrected chi connectivity index (χ1v) is 7.16. The molecule has 0 radical (unpaired) electrons. The third-order valence-electron chi connectivity index (χ3n) is 4.55. The second kappa shape index (κ2) is 4.95. The summed E-state index contributed by atoms with van der Waals surface area (Å²) in [6.07, 6.45) is -0.582. The number of rotatable bonds is 3. The van der Waals surface area contributed by atoms with E-state index in [4.69, 9.17) is 5.73 Å². The molecular weight excluding hydrogens is 265 g/mol. The molecule has 1 aliphatic heterocycles. The van der Waals surface area contributed by atoms with Crippen LogP contribution in [0.25, 0.3) is 0 Å². The first-order chi connectivity index (χ1) is 9.49. The number of piperidine rings is 1. The van der Waals surface area contributed by atoms with Crippen LogP contribution in [0.5, 0.6) is 0 Å². The molecule has 1 heterocycles. The third kappa shape index (κ3) is 2.39. The van der Waals surface area contributed by atoms with E-state index < -0.39 is 11.7 Å². The summed E-state index contributed by atoms with van der Waals surface area (Å²) in [5.41, 5.74) is 5.89. The number of hydrogen-bond donors (Lipinski definition) is 1. The number of alkyl halides is 3. The molecule has 2 nitrogen and oxygen atoms in total. The predicted octanol–water partition coefficient (Wildman–Crippen LogP) is 3.20. The molecule has 2 fully saturated rings. The predicted molar refractivity (Wildman–Crippen MR) is 72.7 cm³/mol. The van der Waals surface area contributed by atoms with Gasteiger partial charge in [-0.25, -0.2) is 0 Å². The summed E-state index contributed by atoms with van der Waals surface area (Å²) in [5.74, 6) is 0.665. The molecule has 2 N–H and O–H groups in total. The molecule has 3 rings (SSSR count). The lowest BCUT2D eigenvalue weighted by Crippen LogP contribution is -2.32. The highest BCUT2D eigenvalue weighted by Gasteiger charge is 2.39. The highest BCUT2D eigenvalue weighted by molar-refractivity contribution is 5.54. The highest BCUT2D eigenvalue weighted by Crippen LogP contribution is 2.42. The van der Waals surface area contributed by atoms with Gasteiger partial charge in [-0.3, -0.25) is 0 Å². The summed E-state index contributed by atoms with van der Waals surface area (Å²) in [6.45, 7) is 1.13. The molecule has 2 unspecified atom stereocenters. The number of nitrogens with zero attached hydrogens (tertiary/aromatic N) is 1. The van der Waals surface area contributed by atoms with Crippen molar-refractivity contribution in [2.24, 2.45) is 11.7 Å². The summed E-state index contributed by atoms with van der Waals surface area (Å²) >= 11 is 0. The Hall–Kier alpha value is -1.23. The quantitative estimate of drug-likeness (QED) is 0.923. The van der Waals surface area contributed by atoms with Crippen LogP contribution in [0.4, 0.5) is 18.9 Å². The molecular formula is C15H19F3N2. The average molecular weight is 284 g/mol. The lowest BCUT2D eigenvalue weighted by Gasteiger charge is -2.30.